The third-order valence-electron chi connectivity index (χ3n) is 4.10. The first-order valence-electron chi connectivity index (χ1n) is 8.47. The van der Waals surface area contributed by atoms with Gasteiger partial charge in [0, 0.05) is 17.1 Å². The van der Waals surface area contributed by atoms with Crippen molar-refractivity contribution in [3.63, 3.8) is 0 Å². The Kier molecular flexibility index (Phi) is 6.81. The summed E-state index contributed by atoms with van der Waals surface area (Å²) < 4.78 is -1.73. The van der Waals surface area contributed by atoms with E-state index in [-0.39, 0.29) is 5.82 Å². The molecule has 0 aliphatic carbocycles. The minimum atomic E-state index is -1.73. The van der Waals surface area contributed by atoms with Crippen LogP contribution in [0.4, 0.5) is 5.95 Å². The fourth-order valence-corrected chi connectivity index (χ4v) is 3.29. The van der Waals surface area contributed by atoms with Crippen LogP contribution in [0.25, 0.3) is 11.4 Å². The molecule has 0 bridgehead atoms. The Morgan fingerprint density at radius 3 is 2.54 bits per heavy atom. The summed E-state index contributed by atoms with van der Waals surface area (Å²) in [6.45, 7) is 4.15. The van der Waals surface area contributed by atoms with Crippen molar-refractivity contribution < 1.29 is 0 Å². The van der Waals surface area contributed by atoms with E-state index in [9.17, 15) is 0 Å². The van der Waals surface area contributed by atoms with E-state index in [1.54, 1.807) is 12.1 Å². The fraction of sp³-hybridized carbons (Fsp3) is 0.471. The number of alkyl halides is 3. The van der Waals surface area contributed by atoms with Crippen LogP contribution in [0.3, 0.4) is 0 Å². The highest BCUT2D eigenvalue weighted by atomic mass is 35.6. The average molecular weight is 435 g/mol. The largest absolute Gasteiger partial charge is 0.354 e. The predicted molar refractivity (Wildman–Crippen MR) is 108 cm³/mol. The van der Waals surface area contributed by atoms with E-state index >= 15 is 0 Å². The first-order chi connectivity index (χ1) is 12.4. The smallest absolute Gasteiger partial charge is 0.250 e. The van der Waals surface area contributed by atoms with E-state index in [4.69, 9.17) is 46.4 Å². The summed E-state index contributed by atoms with van der Waals surface area (Å²) in [5.74, 6) is 0.873. The molecule has 0 saturated carbocycles. The molecule has 1 aromatic heterocycles. The molecule has 3 rings (SSSR count). The molecule has 0 amide bonds. The van der Waals surface area contributed by atoms with Gasteiger partial charge in [0.15, 0.2) is 11.6 Å². The lowest BCUT2D eigenvalue weighted by Crippen LogP contribution is -2.23. The molecule has 1 saturated heterocycles. The highest BCUT2D eigenvalue weighted by Gasteiger charge is 2.28. The second-order valence-corrected chi connectivity index (χ2v) is 8.86. The lowest BCUT2D eigenvalue weighted by atomic mass is 10.2. The summed E-state index contributed by atoms with van der Waals surface area (Å²) in [5, 5.41) is 3.79. The van der Waals surface area contributed by atoms with Gasteiger partial charge in [0.2, 0.25) is 9.74 Å². The van der Waals surface area contributed by atoms with Gasteiger partial charge >= 0.3 is 0 Å². The number of nitrogens with one attached hydrogen (secondary N) is 1. The molecular weight excluding hydrogens is 416 g/mol. The van der Waals surface area contributed by atoms with E-state index in [0.717, 1.165) is 25.1 Å². The number of hydrogen-bond acceptors (Lipinski definition) is 5. The number of nitrogens with zero attached hydrogens (tertiary/aromatic N) is 4. The maximum atomic E-state index is 6.06. The highest BCUT2D eigenvalue weighted by Crippen LogP contribution is 2.37. The summed E-state index contributed by atoms with van der Waals surface area (Å²) >= 11 is 24.0. The minimum absolute atomic E-state index is 0.0783. The molecule has 1 N–H and O–H groups in total. The molecule has 1 aliphatic heterocycles. The van der Waals surface area contributed by atoms with Gasteiger partial charge < -0.3 is 10.2 Å². The van der Waals surface area contributed by atoms with Gasteiger partial charge in [0.25, 0.3) is 0 Å². The van der Waals surface area contributed by atoms with Crippen molar-refractivity contribution in [1.29, 1.82) is 0 Å². The van der Waals surface area contributed by atoms with Crippen molar-refractivity contribution in [2.45, 2.75) is 23.1 Å². The van der Waals surface area contributed by atoms with Gasteiger partial charge in [-0.3, -0.25) is 0 Å². The van der Waals surface area contributed by atoms with Gasteiger partial charge in [-0.2, -0.15) is 9.97 Å². The molecule has 26 heavy (non-hydrogen) atoms. The van der Waals surface area contributed by atoms with E-state index in [1.165, 1.54) is 25.9 Å². The first-order valence-corrected chi connectivity index (χ1v) is 9.98. The van der Waals surface area contributed by atoms with Crippen LogP contribution in [0, 0.1) is 0 Å². The van der Waals surface area contributed by atoms with Crippen LogP contribution >= 0.6 is 46.4 Å². The first kappa shape index (κ1) is 19.9. The second kappa shape index (κ2) is 8.89. The van der Waals surface area contributed by atoms with Crippen LogP contribution in [0.2, 0.25) is 5.02 Å². The quantitative estimate of drug-likeness (QED) is 0.516. The van der Waals surface area contributed by atoms with Crippen LogP contribution < -0.4 is 5.32 Å². The third kappa shape index (κ3) is 5.57. The molecule has 2 aromatic rings. The Labute approximate surface area is 173 Å². The molecule has 0 radical (unpaired) electrons. The fourth-order valence-electron chi connectivity index (χ4n) is 2.85. The topological polar surface area (TPSA) is 53.9 Å². The van der Waals surface area contributed by atoms with Crippen LogP contribution in [-0.4, -0.2) is 46.0 Å². The van der Waals surface area contributed by atoms with Crippen LogP contribution in [0.1, 0.15) is 25.1 Å². The third-order valence-corrected chi connectivity index (χ3v) is 4.85. The predicted octanol–water partition coefficient (Wildman–Crippen LogP) is 4.92. The zero-order valence-corrected chi connectivity index (χ0v) is 17.1. The monoisotopic (exact) mass is 433 g/mol. The molecule has 1 aliphatic rings. The molecule has 2 heterocycles. The average Bonchev–Trinajstić information content (AvgIpc) is 3.11. The Balaban J connectivity index is 1.74. The zero-order chi connectivity index (χ0) is 18.6. The Bertz CT molecular complexity index is 744. The number of benzene rings is 1. The van der Waals surface area contributed by atoms with Crippen molar-refractivity contribution in [3.8, 4) is 11.4 Å². The number of aromatic nitrogens is 3. The Morgan fingerprint density at radius 1 is 1.08 bits per heavy atom. The summed E-state index contributed by atoms with van der Waals surface area (Å²) in [4.78, 5) is 15.4. The maximum Gasteiger partial charge on any atom is 0.250 e. The second-order valence-electron chi connectivity index (χ2n) is 6.14. The molecule has 1 aromatic carbocycles. The van der Waals surface area contributed by atoms with Crippen molar-refractivity contribution in [1.82, 2.24) is 19.9 Å². The number of anilines is 1. The zero-order valence-electron chi connectivity index (χ0n) is 14.1. The minimum Gasteiger partial charge on any atom is -0.354 e. The summed E-state index contributed by atoms with van der Waals surface area (Å²) in [6.07, 6.45) is 3.56. The van der Waals surface area contributed by atoms with Gasteiger partial charge in [-0.05, 0) is 51.0 Å². The van der Waals surface area contributed by atoms with E-state index < -0.39 is 3.79 Å². The Hall–Kier alpha value is -0.850. The molecule has 0 unspecified atom stereocenters. The number of halogens is 4. The lowest BCUT2D eigenvalue weighted by Gasteiger charge is -2.15. The van der Waals surface area contributed by atoms with Gasteiger partial charge in [0.05, 0.1) is 0 Å². The number of hydrogen-bond donors (Lipinski definition) is 1. The van der Waals surface area contributed by atoms with Gasteiger partial charge in [-0.25, -0.2) is 4.98 Å². The molecule has 140 valence electrons. The normalized spacial score (nSPS) is 15.4. The van der Waals surface area contributed by atoms with E-state index in [1.807, 2.05) is 12.1 Å². The summed E-state index contributed by atoms with van der Waals surface area (Å²) in [6, 6.07) is 7.20. The van der Waals surface area contributed by atoms with Crippen LogP contribution in [-0.2, 0) is 3.79 Å². The molecule has 0 atom stereocenters. The molecule has 9 heteroatoms. The van der Waals surface area contributed by atoms with E-state index in [2.05, 4.69) is 25.2 Å². The van der Waals surface area contributed by atoms with Gasteiger partial charge in [0.1, 0.15) is 0 Å². The molecule has 1 fully saturated rings. The highest BCUT2D eigenvalue weighted by molar-refractivity contribution is 6.66. The number of likely N-dealkylation sites (tertiary alicyclic amines) is 1. The van der Waals surface area contributed by atoms with Crippen molar-refractivity contribution >= 4 is 52.4 Å². The summed E-state index contributed by atoms with van der Waals surface area (Å²) in [5.41, 5.74) is 0.732. The van der Waals surface area contributed by atoms with Crippen molar-refractivity contribution in [2.24, 2.45) is 0 Å². The van der Waals surface area contributed by atoms with Gasteiger partial charge in [-0.15, -0.1) is 0 Å². The molecule has 5 nitrogen and oxygen atoms in total. The maximum absolute atomic E-state index is 6.06. The van der Waals surface area contributed by atoms with Gasteiger partial charge in [-0.1, -0.05) is 58.5 Å². The summed E-state index contributed by atoms with van der Waals surface area (Å²) in [7, 11) is 0. The van der Waals surface area contributed by atoms with Crippen LogP contribution in [0.5, 0.6) is 0 Å². The number of rotatable bonds is 6. The standard InChI is InChI=1S/C17H19Cl4N5/c18-13-6-3-5-12(11-13)14-23-15(17(19,20)21)25-16(24-14)22-7-4-10-26-8-1-2-9-26/h3,5-6,11H,1-2,4,7-10H2,(H,22,23,24,25). The lowest BCUT2D eigenvalue weighted by molar-refractivity contribution is 0.337. The SMILES string of the molecule is Clc1cccc(-c2nc(NCCCN3CCCC3)nc(C(Cl)(Cl)Cl)n2)c1. The molecular formula is C17H19Cl4N5. The Morgan fingerprint density at radius 2 is 1.85 bits per heavy atom. The van der Waals surface area contributed by atoms with E-state index in [0.29, 0.717) is 16.8 Å². The van der Waals surface area contributed by atoms with Crippen LogP contribution in [0.15, 0.2) is 24.3 Å². The van der Waals surface area contributed by atoms with Crippen molar-refractivity contribution in [3.05, 3.63) is 35.1 Å². The molecule has 0 spiro atoms. The van der Waals surface area contributed by atoms with Crippen molar-refractivity contribution in [2.75, 3.05) is 31.5 Å².